The number of anilines is 1. The SMILES string of the molecule is COc1ccc(N2C(=N)CN(C)C2=O)cc1Cl. The number of carbonyl (C=O) groups excluding carboxylic acids is 1. The Kier molecular flexibility index (Phi) is 2.93. The molecule has 1 heterocycles. The first-order chi connectivity index (χ1) is 8.04. The maximum Gasteiger partial charge on any atom is 0.330 e. The van der Waals surface area contributed by atoms with Gasteiger partial charge in [-0.2, -0.15) is 0 Å². The highest BCUT2D eigenvalue weighted by molar-refractivity contribution is 6.32. The zero-order chi connectivity index (χ0) is 12.6. The topological polar surface area (TPSA) is 56.6 Å². The van der Waals surface area contributed by atoms with Gasteiger partial charge in [0.1, 0.15) is 11.6 Å². The Hall–Kier alpha value is -1.75. The number of amides is 2. The highest BCUT2D eigenvalue weighted by Crippen LogP contribution is 2.30. The number of hydrogen-bond donors (Lipinski definition) is 1. The fourth-order valence-corrected chi connectivity index (χ4v) is 1.96. The van der Waals surface area contributed by atoms with Crippen molar-refractivity contribution in [2.75, 3.05) is 25.6 Å². The van der Waals surface area contributed by atoms with Crippen molar-refractivity contribution < 1.29 is 9.53 Å². The number of benzene rings is 1. The van der Waals surface area contributed by atoms with Gasteiger partial charge in [0.15, 0.2) is 0 Å². The summed E-state index contributed by atoms with van der Waals surface area (Å²) in [5.74, 6) is 0.778. The van der Waals surface area contributed by atoms with E-state index in [4.69, 9.17) is 21.7 Å². The molecule has 0 spiro atoms. The first-order valence-electron chi connectivity index (χ1n) is 5.00. The van der Waals surface area contributed by atoms with Crippen molar-refractivity contribution in [1.82, 2.24) is 4.90 Å². The summed E-state index contributed by atoms with van der Waals surface area (Å²) in [4.78, 5) is 14.6. The van der Waals surface area contributed by atoms with E-state index in [1.54, 1.807) is 25.2 Å². The van der Waals surface area contributed by atoms with Gasteiger partial charge < -0.3 is 9.64 Å². The number of rotatable bonds is 2. The van der Waals surface area contributed by atoms with Crippen LogP contribution >= 0.6 is 11.6 Å². The molecular weight excluding hydrogens is 242 g/mol. The second-order valence-corrected chi connectivity index (χ2v) is 4.15. The summed E-state index contributed by atoms with van der Waals surface area (Å²) in [6, 6.07) is 4.77. The number of nitrogens with one attached hydrogen (secondary N) is 1. The number of ether oxygens (including phenoxy) is 1. The summed E-state index contributed by atoms with van der Waals surface area (Å²) in [6.45, 7) is 0.308. The Morgan fingerprint density at radius 3 is 2.65 bits per heavy atom. The Morgan fingerprint density at radius 2 is 2.18 bits per heavy atom. The van der Waals surface area contributed by atoms with E-state index in [-0.39, 0.29) is 11.9 Å². The van der Waals surface area contributed by atoms with Gasteiger partial charge in [0.05, 0.1) is 24.4 Å². The van der Waals surface area contributed by atoms with Crippen molar-refractivity contribution in [3.05, 3.63) is 23.2 Å². The highest BCUT2D eigenvalue weighted by Gasteiger charge is 2.32. The molecule has 0 atom stereocenters. The van der Waals surface area contributed by atoms with Crippen LogP contribution in [0.5, 0.6) is 5.75 Å². The predicted molar refractivity (Wildman–Crippen MR) is 66.2 cm³/mol. The largest absolute Gasteiger partial charge is 0.495 e. The molecule has 0 aromatic heterocycles. The van der Waals surface area contributed by atoms with Crippen LogP contribution in [-0.4, -0.2) is 37.5 Å². The first-order valence-corrected chi connectivity index (χ1v) is 5.38. The summed E-state index contributed by atoms with van der Waals surface area (Å²) in [5.41, 5.74) is 0.579. The van der Waals surface area contributed by atoms with E-state index < -0.39 is 0 Å². The van der Waals surface area contributed by atoms with Gasteiger partial charge in [0, 0.05) is 7.05 Å². The molecule has 0 saturated carbocycles. The van der Waals surface area contributed by atoms with E-state index in [1.165, 1.54) is 16.9 Å². The monoisotopic (exact) mass is 253 g/mol. The van der Waals surface area contributed by atoms with Gasteiger partial charge in [0.25, 0.3) is 0 Å². The number of hydrogen-bond acceptors (Lipinski definition) is 3. The van der Waals surface area contributed by atoms with Gasteiger partial charge in [-0.3, -0.25) is 5.41 Å². The molecule has 17 heavy (non-hydrogen) atoms. The Bertz CT molecular complexity index is 490. The summed E-state index contributed by atoms with van der Waals surface area (Å²) >= 11 is 5.99. The minimum atomic E-state index is -0.226. The van der Waals surface area contributed by atoms with E-state index in [1.807, 2.05) is 0 Å². The molecule has 1 N–H and O–H groups in total. The molecule has 0 radical (unpaired) electrons. The molecule has 0 aliphatic carbocycles. The predicted octanol–water partition coefficient (Wildman–Crippen LogP) is 2.20. The minimum absolute atomic E-state index is 0.226. The van der Waals surface area contributed by atoms with E-state index in [9.17, 15) is 4.79 Å². The van der Waals surface area contributed by atoms with Crippen LogP contribution in [0.1, 0.15) is 0 Å². The van der Waals surface area contributed by atoms with Crippen LogP contribution in [0.4, 0.5) is 10.5 Å². The number of nitrogens with zero attached hydrogens (tertiary/aromatic N) is 2. The van der Waals surface area contributed by atoms with Gasteiger partial charge in [-0.15, -0.1) is 0 Å². The summed E-state index contributed by atoms with van der Waals surface area (Å²) in [7, 11) is 3.18. The first kappa shape index (κ1) is 11.7. The van der Waals surface area contributed by atoms with Crippen molar-refractivity contribution in [1.29, 1.82) is 5.41 Å². The Labute approximate surface area is 104 Å². The number of methoxy groups -OCH3 is 1. The molecular formula is C11H12ClN3O2. The molecule has 1 fully saturated rings. The van der Waals surface area contributed by atoms with E-state index in [0.29, 0.717) is 23.0 Å². The van der Waals surface area contributed by atoms with Crippen molar-refractivity contribution >= 4 is 29.2 Å². The Balaban J connectivity index is 2.38. The number of likely N-dealkylation sites (N-methyl/N-ethyl adjacent to an activating group) is 1. The van der Waals surface area contributed by atoms with Crippen molar-refractivity contribution in [3.8, 4) is 5.75 Å². The lowest BCUT2D eigenvalue weighted by molar-refractivity contribution is 0.229. The fraction of sp³-hybridized carbons (Fsp3) is 0.273. The smallest absolute Gasteiger partial charge is 0.330 e. The lowest BCUT2D eigenvalue weighted by Crippen LogP contribution is -2.31. The zero-order valence-corrected chi connectivity index (χ0v) is 10.3. The van der Waals surface area contributed by atoms with Crippen LogP contribution in [-0.2, 0) is 0 Å². The molecule has 6 heteroatoms. The second kappa shape index (κ2) is 4.25. The normalized spacial score (nSPS) is 15.7. The lowest BCUT2D eigenvalue weighted by Gasteiger charge is -2.16. The number of halogens is 1. The average molecular weight is 254 g/mol. The van der Waals surface area contributed by atoms with Crippen molar-refractivity contribution in [2.45, 2.75) is 0 Å². The van der Waals surface area contributed by atoms with Gasteiger partial charge in [-0.05, 0) is 18.2 Å². The van der Waals surface area contributed by atoms with Crippen LogP contribution in [0, 0.1) is 5.41 Å². The van der Waals surface area contributed by atoms with Gasteiger partial charge in [-0.25, -0.2) is 9.69 Å². The number of amidine groups is 1. The number of carbonyl (C=O) groups is 1. The maximum absolute atomic E-state index is 11.8. The zero-order valence-electron chi connectivity index (χ0n) is 9.53. The maximum atomic E-state index is 11.8. The third kappa shape index (κ3) is 1.93. The molecule has 1 saturated heterocycles. The van der Waals surface area contributed by atoms with Crippen LogP contribution in [0.2, 0.25) is 5.02 Å². The molecule has 1 aliphatic heterocycles. The quantitative estimate of drug-likeness (QED) is 0.878. The molecule has 90 valence electrons. The van der Waals surface area contributed by atoms with Crippen molar-refractivity contribution in [3.63, 3.8) is 0 Å². The standard InChI is InChI=1S/C11H12ClN3O2/c1-14-6-10(13)15(11(14)16)7-3-4-9(17-2)8(12)5-7/h3-5,13H,6H2,1-2H3. The van der Waals surface area contributed by atoms with Crippen LogP contribution in [0.15, 0.2) is 18.2 Å². The minimum Gasteiger partial charge on any atom is -0.495 e. The molecule has 0 bridgehead atoms. The fourth-order valence-electron chi connectivity index (χ4n) is 1.71. The van der Waals surface area contributed by atoms with Crippen molar-refractivity contribution in [2.24, 2.45) is 0 Å². The lowest BCUT2D eigenvalue weighted by atomic mass is 10.2. The molecule has 5 nitrogen and oxygen atoms in total. The van der Waals surface area contributed by atoms with E-state index in [0.717, 1.165) is 0 Å². The van der Waals surface area contributed by atoms with Gasteiger partial charge in [-0.1, -0.05) is 11.6 Å². The number of urea groups is 1. The summed E-state index contributed by atoms with van der Waals surface area (Å²) in [6.07, 6.45) is 0. The Morgan fingerprint density at radius 1 is 1.47 bits per heavy atom. The van der Waals surface area contributed by atoms with Crippen LogP contribution < -0.4 is 9.64 Å². The van der Waals surface area contributed by atoms with Crippen LogP contribution in [0.3, 0.4) is 0 Å². The summed E-state index contributed by atoms with van der Waals surface area (Å²) < 4.78 is 5.04. The van der Waals surface area contributed by atoms with Gasteiger partial charge in [0.2, 0.25) is 0 Å². The summed E-state index contributed by atoms with van der Waals surface area (Å²) in [5, 5.41) is 8.18. The molecule has 1 aliphatic rings. The van der Waals surface area contributed by atoms with E-state index in [2.05, 4.69) is 0 Å². The highest BCUT2D eigenvalue weighted by atomic mass is 35.5. The molecule has 2 rings (SSSR count). The van der Waals surface area contributed by atoms with Crippen LogP contribution in [0.25, 0.3) is 0 Å². The third-order valence-corrected chi connectivity index (χ3v) is 2.86. The van der Waals surface area contributed by atoms with E-state index >= 15 is 0 Å². The molecule has 2 amide bonds. The average Bonchev–Trinajstić information content (AvgIpc) is 2.53. The third-order valence-electron chi connectivity index (χ3n) is 2.57. The second-order valence-electron chi connectivity index (χ2n) is 3.74. The van der Waals surface area contributed by atoms with Gasteiger partial charge >= 0.3 is 6.03 Å². The molecule has 1 aromatic carbocycles. The molecule has 0 unspecified atom stereocenters. The molecule has 1 aromatic rings.